The summed E-state index contributed by atoms with van der Waals surface area (Å²) in [6.07, 6.45) is 0.142. The average Bonchev–Trinajstić information content (AvgIpc) is 3.11. The van der Waals surface area contributed by atoms with E-state index in [2.05, 4.69) is 24.3 Å². The SMILES string of the molecule is CC(C)[C@@H](NC(=O)Cc1nn(C)c(=O)c2ccccc12)c1cccs1. The van der Waals surface area contributed by atoms with Crippen LogP contribution in [0.4, 0.5) is 0 Å². The highest BCUT2D eigenvalue weighted by Crippen LogP contribution is 2.26. The fourth-order valence-corrected chi connectivity index (χ4v) is 3.87. The monoisotopic (exact) mass is 355 g/mol. The molecule has 0 saturated carbocycles. The van der Waals surface area contributed by atoms with Crippen LogP contribution >= 0.6 is 11.3 Å². The largest absolute Gasteiger partial charge is 0.348 e. The van der Waals surface area contributed by atoms with E-state index in [1.54, 1.807) is 24.5 Å². The van der Waals surface area contributed by atoms with Gasteiger partial charge in [-0.1, -0.05) is 38.1 Å². The number of rotatable bonds is 5. The maximum Gasteiger partial charge on any atom is 0.274 e. The van der Waals surface area contributed by atoms with Crippen LogP contribution in [0.15, 0.2) is 46.6 Å². The molecule has 0 saturated heterocycles. The zero-order valence-corrected chi connectivity index (χ0v) is 15.3. The van der Waals surface area contributed by atoms with Crippen LogP contribution in [0.25, 0.3) is 10.8 Å². The molecule has 0 aliphatic rings. The summed E-state index contributed by atoms with van der Waals surface area (Å²) in [4.78, 5) is 26.0. The number of nitrogens with one attached hydrogen (secondary N) is 1. The average molecular weight is 355 g/mol. The number of hydrogen-bond donors (Lipinski definition) is 1. The molecule has 0 bridgehead atoms. The van der Waals surface area contributed by atoms with E-state index in [9.17, 15) is 9.59 Å². The van der Waals surface area contributed by atoms with Crippen molar-refractivity contribution in [3.05, 3.63) is 62.7 Å². The third-order valence-corrected chi connectivity index (χ3v) is 5.15. The quantitative estimate of drug-likeness (QED) is 0.765. The Balaban J connectivity index is 1.87. The normalized spacial score (nSPS) is 12.5. The van der Waals surface area contributed by atoms with E-state index >= 15 is 0 Å². The summed E-state index contributed by atoms with van der Waals surface area (Å²) in [5.41, 5.74) is 0.460. The van der Waals surface area contributed by atoms with Crippen LogP contribution in [0.5, 0.6) is 0 Å². The lowest BCUT2D eigenvalue weighted by molar-refractivity contribution is -0.121. The molecule has 0 spiro atoms. The Bertz CT molecular complexity index is 945. The molecule has 0 fully saturated rings. The molecule has 0 aliphatic carbocycles. The molecule has 2 aromatic heterocycles. The summed E-state index contributed by atoms with van der Waals surface area (Å²) in [6.45, 7) is 4.18. The van der Waals surface area contributed by atoms with E-state index in [0.717, 1.165) is 10.3 Å². The molecule has 5 nitrogen and oxygen atoms in total. The summed E-state index contributed by atoms with van der Waals surface area (Å²) in [5, 5.41) is 10.7. The molecule has 25 heavy (non-hydrogen) atoms. The first-order chi connectivity index (χ1) is 12.0. The van der Waals surface area contributed by atoms with Gasteiger partial charge in [-0.15, -0.1) is 11.3 Å². The highest BCUT2D eigenvalue weighted by atomic mass is 32.1. The Morgan fingerprint density at radius 1 is 1.20 bits per heavy atom. The van der Waals surface area contributed by atoms with Gasteiger partial charge in [0.15, 0.2) is 0 Å². The molecule has 1 aromatic carbocycles. The van der Waals surface area contributed by atoms with E-state index < -0.39 is 0 Å². The lowest BCUT2D eigenvalue weighted by Gasteiger charge is -2.21. The number of aryl methyl sites for hydroxylation is 1. The van der Waals surface area contributed by atoms with Crippen molar-refractivity contribution >= 4 is 28.0 Å². The first kappa shape index (κ1) is 17.4. The van der Waals surface area contributed by atoms with Crippen molar-refractivity contribution in [2.24, 2.45) is 13.0 Å². The highest BCUT2D eigenvalue weighted by Gasteiger charge is 2.20. The number of aromatic nitrogens is 2. The number of thiophene rings is 1. The molecule has 0 radical (unpaired) electrons. The van der Waals surface area contributed by atoms with Crippen LogP contribution in [0.3, 0.4) is 0 Å². The summed E-state index contributed by atoms with van der Waals surface area (Å²) in [5.74, 6) is 0.191. The molecule has 1 amide bonds. The number of carbonyl (C=O) groups is 1. The molecule has 0 unspecified atom stereocenters. The van der Waals surface area contributed by atoms with Crippen molar-refractivity contribution in [1.82, 2.24) is 15.1 Å². The van der Waals surface area contributed by atoms with Gasteiger partial charge in [0.25, 0.3) is 5.56 Å². The van der Waals surface area contributed by atoms with E-state index in [1.807, 2.05) is 35.7 Å². The molecule has 130 valence electrons. The summed E-state index contributed by atoms with van der Waals surface area (Å²) in [6, 6.07) is 11.3. The second-order valence-corrected chi connectivity index (χ2v) is 7.38. The first-order valence-electron chi connectivity index (χ1n) is 8.25. The third-order valence-electron chi connectivity index (χ3n) is 4.19. The molecule has 2 heterocycles. The lowest BCUT2D eigenvalue weighted by atomic mass is 10.0. The number of nitrogens with zero attached hydrogens (tertiary/aromatic N) is 2. The van der Waals surface area contributed by atoms with E-state index in [4.69, 9.17) is 0 Å². The van der Waals surface area contributed by atoms with Gasteiger partial charge in [0, 0.05) is 17.3 Å². The Hall–Kier alpha value is -2.47. The number of hydrogen-bond acceptors (Lipinski definition) is 4. The van der Waals surface area contributed by atoms with Crippen LogP contribution in [0.1, 0.15) is 30.5 Å². The molecule has 0 aliphatic heterocycles. The van der Waals surface area contributed by atoms with Crippen LogP contribution < -0.4 is 10.9 Å². The Kier molecular flexibility index (Phi) is 4.99. The van der Waals surface area contributed by atoms with Crippen LogP contribution in [-0.4, -0.2) is 15.7 Å². The standard InChI is InChI=1S/C19H21N3O2S/c1-12(2)18(16-9-6-10-25-16)20-17(23)11-15-13-7-4-5-8-14(13)19(24)22(3)21-15/h4-10,12,18H,11H2,1-3H3,(H,20,23)/t18-/m1/s1. The van der Waals surface area contributed by atoms with Crippen molar-refractivity contribution in [3.8, 4) is 0 Å². The first-order valence-corrected chi connectivity index (χ1v) is 9.13. The van der Waals surface area contributed by atoms with Crippen molar-refractivity contribution in [2.75, 3.05) is 0 Å². The molecule has 1 atom stereocenters. The van der Waals surface area contributed by atoms with Crippen LogP contribution in [-0.2, 0) is 18.3 Å². The predicted octanol–water partition coefficient (Wildman–Crippen LogP) is 3.05. The second kappa shape index (κ2) is 7.19. The Morgan fingerprint density at radius 3 is 2.56 bits per heavy atom. The van der Waals surface area contributed by atoms with Crippen molar-refractivity contribution in [3.63, 3.8) is 0 Å². The Morgan fingerprint density at radius 2 is 1.92 bits per heavy atom. The van der Waals surface area contributed by atoms with Gasteiger partial charge in [-0.05, 0) is 23.4 Å². The summed E-state index contributed by atoms with van der Waals surface area (Å²) in [7, 11) is 1.61. The maximum atomic E-state index is 12.6. The van der Waals surface area contributed by atoms with Gasteiger partial charge in [-0.3, -0.25) is 9.59 Å². The molecule has 3 rings (SSSR count). The minimum atomic E-state index is -0.154. The van der Waals surface area contributed by atoms with E-state index in [1.165, 1.54) is 4.68 Å². The highest BCUT2D eigenvalue weighted by molar-refractivity contribution is 7.10. The topological polar surface area (TPSA) is 64.0 Å². The van der Waals surface area contributed by atoms with Gasteiger partial charge in [-0.2, -0.15) is 5.10 Å². The molecule has 3 aromatic rings. The number of fused-ring (bicyclic) bond motifs is 1. The zero-order chi connectivity index (χ0) is 18.0. The summed E-state index contributed by atoms with van der Waals surface area (Å²) >= 11 is 1.64. The number of benzene rings is 1. The van der Waals surface area contributed by atoms with Crippen molar-refractivity contribution in [2.45, 2.75) is 26.3 Å². The van der Waals surface area contributed by atoms with Crippen molar-refractivity contribution in [1.29, 1.82) is 0 Å². The molecule has 1 N–H and O–H groups in total. The number of amides is 1. The Labute approximate surface area is 150 Å². The van der Waals surface area contributed by atoms with Gasteiger partial charge in [0.05, 0.1) is 23.5 Å². The van der Waals surface area contributed by atoms with Crippen LogP contribution in [0.2, 0.25) is 0 Å². The van der Waals surface area contributed by atoms with E-state index in [0.29, 0.717) is 11.1 Å². The molecular formula is C19H21N3O2S. The van der Waals surface area contributed by atoms with Gasteiger partial charge >= 0.3 is 0 Å². The minimum absolute atomic E-state index is 0.0219. The predicted molar refractivity (Wildman–Crippen MR) is 101 cm³/mol. The molecular weight excluding hydrogens is 334 g/mol. The second-order valence-electron chi connectivity index (χ2n) is 6.40. The summed E-state index contributed by atoms with van der Waals surface area (Å²) < 4.78 is 1.30. The van der Waals surface area contributed by atoms with Gasteiger partial charge in [0.2, 0.25) is 5.91 Å². The smallest absolute Gasteiger partial charge is 0.274 e. The van der Waals surface area contributed by atoms with Gasteiger partial charge < -0.3 is 5.32 Å². The fourth-order valence-electron chi connectivity index (χ4n) is 2.92. The lowest BCUT2D eigenvalue weighted by Crippen LogP contribution is -2.33. The minimum Gasteiger partial charge on any atom is -0.348 e. The van der Waals surface area contributed by atoms with Crippen molar-refractivity contribution < 1.29 is 4.79 Å². The van der Waals surface area contributed by atoms with E-state index in [-0.39, 0.29) is 29.8 Å². The number of carbonyl (C=O) groups excluding carboxylic acids is 1. The maximum absolute atomic E-state index is 12.6. The molecule has 6 heteroatoms. The zero-order valence-electron chi connectivity index (χ0n) is 14.5. The fraction of sp³-hybridized carbons (Fsp3) is 0.316. The van der Waals surface area contributed by atoms with Crippen LogP contribution in [0, 0.1) is 5.92 Å². The van der Waals surface area contributed by atoms with Gasteiger partial charge in [-0.25, -0.2) is 4.68 Å². The van der Waals surface area contributed by atoms with Gasteiger partial charge in [0.1, 0.15) is 0 Å². The third kappa shape index (κ3) is 3.64.